The van der Waals surface area contributed by atoms with Gasteiger partial charge in [0.1, 0.15) is 5.75 Å². The van der Waals surface area contributed by atoms with E-state index in [1.54, 1.807) is 55.5 Å². The molecule has 0 aliphatic carbocycles. The second-order valence-electron chi connectivity index (χ2n) is 6.31. The molecule has 0 bridgehead atoms. The van der Waals surface area contributed by atoms with Crippen LogP contribution in [0.15, 0.2) is 77.7 Å². The first kappa shape index (κ1) is 22.0. The van der Waals surface area contributed by atoms with Gasteiger partial charge in [0.2, 0.25) is 0 Å². The smallest absolute Gasteiger partial charge is 0.265 e. The fourth-order valence-electron chi connectivity index (χ4n) is 2.48. The maximum atomic E-state index is 12.5. The van der Waals surface area contributed by atoms with Gasteiger partial charge in [-0.25, -0.2) is 8.42 Å². The molecule has 0 aromatic heterocycles. The number of hydrogen-bond acceptors (Lipinski definition) is 4. The summed E-state index contributed by atoms with van der Waals surface area (Å²) in [5.41, 5.74) is 0.716. The maximum absolute atomic E-state index is 12.5. The Kier molecular flexibility index (Phi) is 6.87. The molecule has 3 rings (SSSR count). The predicted molar refractivity (Wildman–Crippen MR) is 119 cm³/mol. The highest BCUT2D eigenvalue weighted by Gasteiger charge is 2.18. The van der Waals surface area contributed by atoms with Crippen molar-refractivity contribution in [3.63, 3.8) is 0 Å². The molecule has 30 heavy (non-hydrogen) atoms. The maximum Gasteiger partial charge on any atom is 0.265 e. The number of ether oxygens (including phenoxy) is 1. The Bertz CT molecular complexity index is 1130. The number of hydrogen-bond donors (Lipinski definition) is 2. The molecule has 3 aromatic rings. The van der Waals surface area contributed by atoms with E-state index in [0.29, 0.717) is 21.5 Å². The summed E-state index contributed by atoms with van der Waals surface area (Å²) in [7, 11) is -3.82. The van der Waals surface area contributed by atoms with Crippen molar-refractivity contribution >= 4 is 50.5 Å². The van der Waals surface area contributed by atoms with E-state index in [1.807, 2.05) is 0 Å². The summed E-state index contributed by atoms with van der Waals surface area (Å²) in [6, 6.07) is 19.0. The van der Waals surface area contributed by atoms with Crippen LogP contribution in [0.4, 0.5) is 11.4 Å². The number of nitrogens with one attached hydrogen (secondary N) is 2. The standard InChI is InChI=1S/C21H18Cl2N2O4S/c1-14(29-17-10-6-15(22)7-11-17)21(26)24-16-8-12-18(13-9-16)30(27,28)25-20-5-3-2-4-19(20)23/h2-14,25H,1H3,(H,24,26)/t14-/m0/s1. The normalized spacial score (nSPS) is 12.1. The molecule has 0 fully saturated rings. The summed E-state index contributed by atoms with van der Waals surface area (Å²) in [5.74, 6) is 0.129. The van der Waals surface area contributed by atoms with Crippen molar-refractivity contribution in [2.24, 2.45) is 0 Å². The van der Waals surface area contributed by atoms with E-state index in [0.717, 1.165) is 0 Å². The van der Waals surface area contributed by atoms with Crippen LogP contribution in [0.2, 0.25) is 10.0 Å². The lowest BCUT2D eigenvalue weighted by Crippen LogP contribution is -2.30. The van der Waals surface area contributed by atoms with Crippen LogP contribution in [0, 0.1) is 0 Å². The highest BCUT2D eigenvalue weighted by atomic mass is 35.5. The fourth-order valence-corrected chi connectivity index (χ4v) is 3.92. The third kappa shape index (κ3) is 5.66. The summed E-state index contributed by atoms with van der Waals surface area (Å²) in [6.45, 7) is 1.61. The van der Waals surface area contributed by atoms with Gasteiger partial charge in [-0.3, -0.25) is 9.52 Å². The third-order valence-electron chi connectivity index (χ3n) is 4.05. The summed E-state index contributed by atoms with van der Waals surface area (Å²) in [5, 5.41) is 3.54. The summed E-state index contributed by atoms with van der Waals surface area (Å²) in [4.78, 5) is 12.4. The zero-order chi connectivity index (χ0) is 21.7. The Morgan fingerprint density at radius 3 is 2.20 bits per heavy atom. The average Bonchev–Trinajstić information content (AvgIpc) is 2.71. The molecule has 0 unspecified atom stereocenters. The van der Waals surface area contributed by atoms with Gasteiger partial charge >= 0.3 is 0 Å². The second kappa shape index (κ2) is 9.38. The van der Waals surface area contributed by atoms with Crippen molar-refractivity contribution in [2.75, 3.05) is 10.0 Å². The number of amides is 1. The van der Waals surface area contributed by atoms with Crippen LogP contribution in [-0.4, -0.2) is 20.4 Å². The third-order valence-corrected chi connectivity index (χ3v) is 6.01. The molecule has 0 spiro atoms. The van der Waals surface area contributed by atoms with Crippen molar-refractivity contribution in [1.29, 1.82) is 0 Å². The Labute approximate surface area is 184 Å². The van der Waals surface area contributed by atoms with Crippen LogP contribution in [0.3, 0.4) is 0 Å². The number of benzene rings is 3. The monoisotopic (exact) mass is 464 g/mol. The number of rotatable bonds is 7. The number of carbonyl (C=O) groups is 1. The summed E-state index contributed by atoms with van der Waals surface area (Å²) in [6.07, 6.45) is -0.767. The first-order valence-electron chi connectivity index (χ1n) is 8.85. The average molecular weight is 465 g/mol. The van der Waals surface area contributed by atoms with Crippen LogP contribution >= 0.6 is 23.2 Å². The van der Waals surface area contributed by atoms with E-state index >= 15 is 0 Å². The summed E-state index contributed by atoms with van der Waals surface area (Å²) >= 11 is 11.8. The van der Waals surface area contributed by atoms with Crippen LogP contribution in [0.1, 0.15) is 6.92 Å². The Morgan fingerprint density at radius 1 is 0.933 bits per heavy atom. The predicted octanol–water partition coefficient (Wildman–Crippen LogP) is 5.20. The molecule has 3 aromatic carbocycles. The van der Waals surface area contributed by atoms with Gasteiger partial charge in [0, 0.05) is 10.7 Å². The Hall–Kier alpha value is -2.74. The molecule has 9 heteroatoms. The topological polar surface area (TPSA) is 84.5 Å². The number of carbonyl (C=O) groups excluding carboxylic acids is 1. The molecule has 1 amide bonds. The number of para-hydroxylation sites is 1. The zero-order valence-corrected chi connectivity index (χ0v) is 18.1. The molecule has 1 atom stereocenters. The minimum absolute atomic E-state index is 0.0332. The van der Waals surface area contributed by atoms with Gasteiger partial charge in [0.25, 0.3) is 15.9 Å². The van der Waals surface area contributed by atoms with Gasteiger partial charge in [-0.15, -0.1) is 0 Å². The van der Waals surface area contributed by atoms with Gasteiger partial charge in [0.05, 0.1) is 15.6 Å². The SMILES string of the molecule is C[C@H](Oc1ccc(Cl)cc1)C(=O)Nc1ccc(S(=O)(=O)Nc2ccccc2Cl)cc1. The van der Waals surface area contributed by atoms with Crippen LogP contribution in [0.25, 0.3) is 0 Å². The van der Waals surface area contributed by atoms with Gasteiger partial charge in [-0.05, 0) is 67.6 Å². The minimum Gasteiger partial charge on any atom is -0.481 e. The first-order valence-corrected chi connectivity index (χ1v) is 11.1. The van der Waals surface area contributed by atoms with Crippen molar-refractivity contribution in [3.05, 3.63) is 82.8 Å². The highest BCUT2D eigenvalue weighted by Crippen LogP contribution is 2.24. The van der Waals surface area contributed by atoms with Gasteiger partial charge < -0.3 is 10.1 Å². The Balaban J connectivity index is 1.64. The van der Waals surface area contributed by atoms with Gasteiger partial charge in [0.15, 0.2) is 6.10 Å². The van der Waals surface area contributed by atoms with E-state index in [9.17, 15) is 13.2 Å². The second-order valence-corrected chi connectivity index (χ2v) is 8.84. The van der Waals surface area contributed by atoms with Crippen LogP contribution in [0.5, 0.6) is 5.75 Å². The number of halogens is 2. The number of anilines is 2. The fraction of sp³-hybridized carbons (Fsp3) is 0.0952. The van der Waals surface area contributed by atoms with Crippen molar-refractivity contribution in [1.82, 2.24) is 0 Å². The van der Waals surface area contributed by atoms with E-state index in [-0.39, 0.29) is 16.5 Å². The van der Waals surface area contributed by atoms with Crippen molar-refractivity contribution < 1.29 is 17.9 Å². The number of sulfonamides is 1. The van der Waals surface area contributed by atoms with Crippen molar-refractivity contribution in [2.45, 2.75) is 17.9 Å². The molecule has 0 aliphatic heterocycles. The lowest BCUT2D eigenvalue weighted by atomic mass is 10.3. The molecule has 0 saturated carbocycles. The summed E-state index contributed by atoms with van der Waals surface area (Å²) < 4.78 is 33.1. The lowest BCUT2D eigenvalue weighted by Gasteiger charge is -2.15. The van der Waals surface area contributed by atoms with E-state index in [4.69, 9.17) is 27.9 Å². The zero-order valence-electron chi connectivity index (χ0n) is 15.8. The molecule has 6 nitrogen and oxygen atoms in total. The molecule has 0 saturated heterocycles. The molecule has 156 valence electrons. The van der Waals surface area contributed by atoms with E-state index in [1.165, 1.54) is 24.3 Å². The highest BCUT2D eigenvalue weighted by molar-refractivity contribution is 7.92. The van der Waals surface area contributed by atoms with E-state index < -0.39 is 16.1 Å². The molecule has 0 heterocycles. The molecular weight excluding hydrogens is 447 g/mol. The van der Waals surface area contributed by atoms with Gasteiger partial charge in [-0.1, -0.05) is 35.3 Å². The first-order chi connectivity index (χ1) is 14.2. The largest absolute Gasteiger partial charge is 0.481 e. The minimum atomic E-state index is -3.82. The van der Waals surface area contributed by atoms with Crippen LogP contribution in [-0.2, 0) is 14.8 Å². The quantitative estimate of drug-likeness (QED) is 0.503. The molecular formula is C21H18Cl2N2O4S. The van der Waals surface area contributed by atoms with Gasteiger partial charge in [-0.2, -0.15) is 0 Å². The molecule has 2 N–H and O–H groups in total. The molecule has 0 aliphatic rings. The van der Waals surface area contributed by atoms with E-state index in [2.05, 4.69) is 10.0 Å². The Morgan fingerprint density at radius 2 is 1.57 bits per heavy atom. The molecule has 0 radical (unpaired) electrons. The lowest BCUT2D eigenvalue weighted by molar-refractivity contribution is -0.122. The van der Waals surface area contributed by atoms with Crippen molar-refractivity contribution in [3.8, 4) is 5.75 Å². The van der Waals surface area contributed by atoms with Crippen LogP contribution < -0.4 is 14.8 Å².